The summed E-state index contributed by atoms with van der Waals surface area (Å²) >= 11 is 3.49. The minimum atomic E-state index is -0.500. The maximum absolute atomic E-state index is 12.1. The summed E-state index contributed by atoms with van der Waals surface area (Å²) < 4.78 is 6.32. The molecule has 0 aromatic carbocycles. The molecule has 1 amide bonds. The van der Waals surface area contributed by atoms with Crippen LogP contribution in [0.25, 0.3) is 0 Å². The van der Waals surface area contributed by atoms with Gasteiger partial charge in [0.25, 0.3) is 0 Å². The number of carbonyl (C=O) groups excluding carboxylic acids is 1. The number of aromatic nitrogens is 1. The molecule has 0 radical (unpaired) electrons. The third-order valence-electron chi connectivity index (χ3n) is 3.95. The molecular weight excluding hydrogens is 358 g/mol. The fourth-order valence-corrected chi connectivity index (χ4v) is 3.04. The van der Waals surface area contributed by atoms with Gasteiger partial charge in [-0.2, -0.15) is 5.26 Å². The van der Waals surface area contributed by atoms with Gasteiger partial charge < -0.3 is 9.64 Å². The number of hydrogen-bond donors (Lipinski definition) is 0. The van der Waals surface area contributed by atoms with E-state index in [2.05, 4.69) is 27.0 Å². The minimum absolute atomic E-state index is 0.303. The smallest absolute Gasteiger partial charge is 0.410 e. The molecule has 0 spiro atoms. The quantitative estimate of drug-likeness (QED) is 0.780. The zero-order chi connectivity index (χ0) is 17.1. The zero-order valence-electron chi connectivity index (χ0n) is 13.8. The van der Waals surface area contributed by atoms with Crippen LogP contribution in [0.5, 0.6) is 0 Å². The van der Waals surface area contributed by atoms with Gasteiger partial charge in [-0.1, -0.05) is 0 Å². The van der Waals surface area contributed by atoms with E-state index < -0.39 is 11.0 Å². The van der Waals surface area contributed by atoms with Crippen molar-refractivity contribution in [1.29, 1.82) is 5.26 Å². The van der Waals surface area contributed by atoms with E-state index in [4.69, 9.17) is 4.74 Å². The highest BCUT2D eigenvalue weighted by Crippen LogP contribution is 2.36. The van der Waals surface area contributed by atoms with Crippen LogP contribution in [0.4, 0.5) is 4.79 Å². The predicted molar refractivity (Wildman–Crippen MR) is 90.7 cm³/mol. The van der Waals surface area contributed by atoms with Gasteiger partial charge in [0.1, 0.15) is 5.60 Å². The van der Waals surface area contributed by atoms with Crippen LogP contribution < -0.4 is 0 Å². The van der Waals surface area contributed by atoms with Crippen LogP contribution in [0.2, 0.25) is 0 Å². The van der Waals surface area contributed by atoms with Crippen LogP contribution in [-0.2, 0) is 11.2 Å². The summed E-state index contributed by atoms with van der Waals surface area (Å²) in [5, 5.41) is 9.68. The predicted octanol–water partition coefficient (Wildman–Crippen LogP) is 3.93. The second-order valence-corrected chi connectivity index (χ2v) is 7.82. The first-order valence-electron chi connectivity index (χ1n) is 7.73. The van der Waals surface area contributed by atoms with Gasteiger partial charge in [-0.3, -0.25) is 4.98 Å². The number of hydrogen-bond acceptors (Lipinski definition) is 4. The fourth-order valence-electron chi connectivity index (χ4n) is 2.64. The molecule has 2 rings (SSSR count). The van der Waals surface area contributed by atoms with Gasteiger partial charge in [0.2, 0.25) is 0 Å². The van der Waals surface area contributed by atoms with Crippen LogP contribution >= 0.6 is 15.9 Å². The minimum Gasteiger partial charge on any atom is -0.444 e. The van der Waals surface area contributed by atoms with Gasteiger partial charge in [0.05, 0.1) is 17.2 Å². The second kappa shape index (κ2) is 6.88. The van der Waals surface area contributed by atoms with Gasteiger partial charge in [-0.25, -0.2) is 4.79 Å². The molecule has 1 aromatic rings. The van der Waals surface area contributed by atoms with Crippen molar-refractivity contribution in [3.63, 3.8) is 0 Å². The molecule has 0 atom stereocenters. The fraction of sp³-hybridized carbons (Fsp3) is 0.588. The molecule has 1 fully saturated rings. The molecule has 1 aromatic heterocycles. The maximum atomic E-state index is 12.1. The van der Waals surface area contributed by atoms with E-state index in [1.54, 1.807) is 11.1 Å². The monoisotopic (exact) mass is 379 g/mol. The molecule has 1 aliphatic rings. The van der Waals surface area contributed by atoms with Gasteiger partial charge in [0.15, 0.2) is 0 Å². The standard InChI is InChI=1S/C17H22BrN3O2/c1-16(2,3)23-15(22)21-9-6-17(12-19,7-10-21)11-14-13(18)5-4-8-20-14/h4-5,8H,6-7,9-11H2,1-3H3. The Balaban J connectivity index is 2.02. The van der Waals surface area contributed by atoms with Crippen LogP contribution in [0.15, 0.2) is 22.8 Å². The lowest BCUT2D eigenvalue weighted by Gasteiger charge is -2.37. The summed E-state index contributed by atoms with van der Waals surface area (Å²) in [4.78, 5) is 18.2. The van der Waals surface area contributed by atoms with Crippen LogP contribution in [0, 0.1) is 16.7 Å². The van der Waals surface area contributed by atoms with E-state index in [-0.39, 0.29) is 6.09 Å². The van der Waals surface area contributed by atoms with Crippen molar-refractivity contribution in [2.24, 2.45) is 5.41 Å². The van der Waals surface area contributed by atoms with Crippen molar-refractivity contribution < 1.29 is 9.53 Å². The lowest BCUT2D eigenvalue weighted by Crippen LogP contribution is -2.45. The first kappa shape index (κ1) is 17.7. The highest BCUT2D eigenvalue weighted by atomic mass is 79.9. The summed E-state index contributed by atoms with van der Waals surface area (Å²) in [6.45, 7) is 6.63. The Morgan fingerprint density at radius 3 is 2.65 bits per heavy atom. The molecule has 0 N–H and O–H groups in total. The van der Waals surface area contributed by atoms with Crippen molar-refractivity contribution >= 4 is 22.0 Å². The summed E-state index contributed by atoms with van der Waals surface area (Å²) in [5.74, 6) is 0. The number of pyridine rings is 1. The average molecular weight is 380 g/mol. The normalized spacial score (nSPS) is 17.4. The lowest BCUT2D eigenvalue weighted by atomic mass is 9.76. The largest absolute Gasteiger partial charge is 0.444 e. The van der Waals surface area contributed by atoms with Crippen molar-refractivity contribution in [2.75, 3.05) is 13.1 Å². The molecule has 124 valence electrons. The Kier molecular flexibility index (Phi) is 5.30. The third kappa shape index (κ3) is 4.68. The van der Waals surface area contributed by atoms with Crippen molar-refractivity contribution in [3.8, 4) is 6.07 Å². The van der Waals surface area contributed by atoms with E-state index in [0.29, 0.717) is 32.4 Å². The summed E-state index contributed by atoms with van der Waals surface area (Å²) in [5.41, 5.74) is -0.0885. The number of nitrogens with zero attached hydrogens (tertiary/aromatic N) is 3. The molecule has 2 heterocycles. The Morgan fingerprint density at radius 2 is 2.13 bits per heavy atom. The number of likely N-dealkylation sites (tertiary alicyclic amines) is 1. The Bertz CT molecular complexity index is 611. The Morgan fingerprint density at radius 1 is 1.48 bits per heavy atom. The van der Waals surface area contributed by atoms with Crippen LogP contribution in [-0.4, -0.2) is 34.7 Å². The number of ether oxygens (including phenoxy) is 1. The molecule has 0 saturated carbocycles. The van der Waals surface area contributed by atoms with E-state index in [1.165, 1.54) is 0 Å². The number of nitriles is 1. The van der Waals surface area contributed by atoms with E-state index in [1.807, 2.05) is 32.9 Å². The third-order valence-corrected chi connectivity index (χ3v) is 4.67. The van der Waals surface area contributed by atoms with Crippen molar-refractivity contribution in [3.05, 3.63) is 28.5 Å². The molecule has 6 heteroatoms. The number of amides is 1. The summed E-state index contributed by atoms with van der Waals surface area (Å²) in [6.07, 6.45) is 3.29. The molecule has 1 saturated heterocycles. The first-order chi connectivity index (χ1) is 10.7. The second-order valence-electron chi connectivity index (χ2n) is 6.97. The molecule has 0 unspecified atom stereocenters. The average Bonchev–Trinajstić information content (AvgIpc) is 2.48. The van der Waals surface area contributed by atoms with Gasteiger partial charge in [0, 0.05) is 30.2 Å². The highest BCUT2D eigenvalue weighted by molar-refractivity contribution is 9.10. The summed E-state index contributed by atoms with van der Waals surface area (Å²) in [7, 11) is 0. The molecule has 1 aliphatic heterocycles. The molecule has 23 heavy (non-hydrogen) atoms. The van der Waals surface area contributed by atoms with Crippen LogP contribution in [0.1, 0.15) is 39.3 Å². The van der Waals surface area contributed by atoms with Gasteiger partial charge >= 0.3 is 6.09 Å². The van der Waals surface area contributed by atoms with Gasteiger partial charge in [-0.05, 0) is 61.7 Å². The van der Waals surface area contributed by atoms with E-state index in [9.17, 15) is 10.1 Å². The van der Waals surface area contributed by atoms with E-state index in [0.717, 1.165) is 10.2 Å². The highest BCUT2D eigenvalue weighted by Gasteiger charge is 2.38. The molecule has 0 aliphatic carbocycles. The van der Waals surface area contributed by atoms with E-state index >= 15 is 0 Å². The number of rotatable bonds is 2. The number of piperidine rings is 1. The molecular formula is C17H22BrN3O2. The van der Waals surface area contributed by atoms with Gasteiger partial charge in [-0.15, -0.1) is 0 Å². The number of halogens is 1. The SMILES string of the molecule is CC(C)(C)OC(=O)N1CCC(C#N)(Cc2ncccc2Br)CC1. The Hall–Kier alpha value is -1.61. The lowest BCUT2D eigenvalue weighted by molar-refractivity contribution is 0.0148. The number of carbonyl (C=O) groups is 1. The zero-order valence-corrected chi connectivity index (χ0v) is 15.4. The van der Waals surface area contributed by atoms with Crippen LogP contribution in [0.3, 0.4) is 0 Å². The maximum Gasteiger partial charge on any atom is 0.410 e. The van der Waals surface area contributed by atoms with Crippen molar-refractivity contribution in [1.82, 2.24) is 9.88 Å². The Labute approximate surface area is 145 Å². The molecule has 5 nitrogen and oxygen atoms in total. The van der Waals surface area contributed by atoms with Crippen molar-refractivity contribution in [2.45, 2.75) is 45.6 Å². The summed E-state index contributed by atoms with van der Waals surface area (Å²) in [6, 6.07) is 6.25. The first-order valence-corrected chi connectivity index (χ1v) is 8.53. The molecule has 0 bridgehead atoms. The topological polar surface area (TPSA) is 66.2 Å².